The van der Waals surface area contributed by atoms with Gasteiger partial charge in [-0.1, -0.05) is 26.7 Å². The number of rotatable bonds is 9. The lowest BCUT2D eigenvalue weighted by atomic mass is 9.73. The second-order valence-corrected chi connectivity index (χ2v) is 22.8. The summed E-state index contributed by atoms with van der Waals surface area (Å²) in [4.78, 5) is 45.9. The average molecular weight is 824 g/mol. The molecule has 0 bridgehead atoms. The van der Waals surface area contributed by atoms with E-state index < -0.39 is 14.7 Å². The van der Waals surface area contributed by atoms with Crippen LogP contribution >= 0.6 is 10.7 Å². The molecule has 0 aliphatic heterocycles. The van der Waals surface area contributed by atoms with Crippen LogP contribution in [0.5, 0.6) is 0 Å². The Hall–Kier alpha value is -1.92. The van der Waals surface area contributed by atoms with Crippen LogP contribution in [0, 0.1) is 47.3 Å². The largest absolute Gasteiger partial charge is 0.460 e. The quantitative estimate of drug-likeness (QED) is 0.135. The molecule has 11 nitrogen and oxygen atoms in total. The van der Waals surface area contributed by atoms with Crippen LogP contribution in [0.25, 0.3) is 0 Å². The maximum Gasteiger partial charge on any atom is 0.309 e. The van der Waals surface area contributed by atoms with Gasteiger partial charge < -0.3 is 24.1 Å². The molecule has 0 unspecified atom stereocenters. The molecule has 322 valence electrons. The summed E-state index contributed by atoms with van der Waals surface area (Å²) in [5.74, 6) is 1.66. The molecule has 1 N–H and O–H groups in total. The van der Waals surface area contributed by atoms with E-state index in [2.05, 4.69) is 13.8 Å². The Bertz CT molecular complexity index is 1220. The van der Waals surface area contributed by atoms with E-state index in [4.69, 9.17) is 34.7 Å². The summed E-state index contributed by atoms with van der Waals surface area (Å²) in [5, 5.41) is 8.77. The highest BCUT2D eigenvalue weighted by Gasteiger charge is 2.40. The highest BCUT2D eigenvalue weighted by molar-refractivity contribution is 8.13. The molecule has 4 rings (SSSR count). The van der Waals surface area contributed by atoms with Crippen LogP contribution in [0.3, 0.4) is 0 Å². The number of carbonyl (C=O) groups excluding carboxylic acids is 4. The van der Waals surface area contributed by atoms with Crippen molar-refractivity contribution >= 4 is 43.6 Å². The average Bonchev–Trinajstić information content (AvgIpc) is 2.85. The third-order valence-electron chi connectivity index (χ3n) is 9.75. The van der Waals surface area contributed by atoms with Gasteiger partial charge in [-0.05, 0) is 158 Å². The van der Waals surface area contributed by atoms with Crippen LogP contribution in [0.1, 0.15) is 161 Å². The summed E-state index contributed by atoms with van der Waals surface area (Å²) in [7, 11) is 1.68. The van der Waals surface area contributed by atoms with Crippen LogP contribution in [0.4, 0.5) is 0 Å². The molecule has 0 aromatic rings. The van der Waals surface area contributed by atoms with Gasteiger partial charge in [0.2, 0.25) is 9.05 Å². The third kappa shape index (κ3) is 22.0. The lowest BCUT2D eigenvalue weighted by molar-refractivity contribution is -0.166. The maximum atomic E-state index is 11.5. The molecule has 0 amide bonds. The third-order valence-corrected chi connectivity index (χ3v) is 11.0. The van der Waals surface area contributed by atoms with Crippen molar-refractivity contribution in [2.75, 3.05) is 12.4 Å². The molecular weight excluding hydrogens is 748 g/mol. The molecule has 0 aromatic heterocycles. The lowest BCUT2D eigenvalue weighted by Crippen LogP contribution is -2.38. The van der Waals surface area contributed by atoms with Gasteiger partial charge >= 0.3 is 23.9 Å². The number of aliphatic hydroxyl groups excluding tert-OH is 1. The minimum absolute atomic E-state index is 0.0000170. The topological polar surface area (TPSA) is 160 Å². The minimum atomic E-state index is -3.45. The molecule has 0 aromatic carbocycles. The van der Waals surface area contributed by atoms with Crippen molar-refractivity contribution in [3.8, 4) is 0 Å². The monoisotopic (exact) mass is 822 g/mol. The summed E-state index contributed by atoms with van der Waals surface area (Å²) >= 11 is 0. The van der Waals surface area contributed by atoms with Gasteiger partial charge in [0.25, 0.3) is 0 Å². The van der Waals surface area contributed by atoms with Crippen LogP contribution in [-0.4, -0.2) is 72.2 Å². The molecule has 0 saturated heterocycles. The highest BCUT2D eigenvalue weighted by atomic mass is 35.7. The van der Waals surface area contributed by atoms with Gasteiger partial charge in [-0.15, -0.1) is 0 Å². The molecule has 0 heterocycles. The first-order valence-corrected chi connectivity index (χ1v) is 22.8. The molecule has 55 heavy (non-hydrogen) atoms. The Balaban J connectivity index is 0.000000368. The molecule has 0 atom stereocenters. The molecule has 0 radical (unpaired) electrons. The number of aliphatic hydroxyl groups is 1. The van der Waals surface area contributed by atoms with Gasteiger partial charge in [0.05, 0.1) is 29.4 Å². The standard InChI is InChI=1S/2C11H20O2.C10H17ClO4S.C10H18O3/c2*1-5-8-6-9(7-8)10(12)13-11(2,3)4;1-10(2,3)15-9(12)8-4-7(5-8)6-16(11,13)14;1-10(2,3)13-9(12)8-4-7(5-8)6-11/h2*8-9H,5-7H2,1-4H3;7-8H,4-6H2,1-3H3;7-8,11H,4-6H2,1-3H3. The van der Waals surface area contributed by atoms with Crippen LogP contribution in [-0.2, 0) is 47.2 Å². The minimum Gasteiger partial charge on any atom is -0.460 e. The molecule has 4 aliphatic carbocycles. The van der Waals surface area contributed by atoms with Crippen LogP contribution < -0.4 is 0 Å². The van der Waals surface area contributed by atoms with Crippen molar-refractivity contribution in [3.05, 3.63) is 0 Å². The van der Waals surface area contributed by atoms with Gasteiger partial charge in [-0.3, -0.25) is 19.2 Å². The number of hydrogen-bond donors (Lipinski definition) is 1. The smallest absolute Gasteiger partial charge is 0.309 e. The summed E-state index contributed by atoms with van der Waals surface area (Å²) in [6.07, 6.45) is 9.20. The summed E-state index contributed by atoms with van der Waals surface area (Å²) in [5.41, 5.74) is -1.52. The highest BCUT2D eigenvalue weighted by Crippen LogP contribution is 2.39. The van der Waals surface area contributed by atoms with E-state index in [-0.39, 0.29) is 82.6 Å². The summed E-state index contributed by atoms with van der Waals surface area (Å²) in [6.45, 7) is 27.1. The van der Waals surface area contributed by atoms with Crippen molar-refractivity contribution in [3.63, 3.8) is 0 Å². The predicted octanol–water partition coefficient (Wildman–Crippen LogP) is 8.80. The second-order valence-electron chi connectivity index (χ2n) is 20.0. The first-order chi connectivity index (χ1) is 24.8. The Labute approximate surface area is 337 Å². The molecule has 0 spiro atoms. The van der Waals surface area contributed by atoms with Crippen molar-refractivity contribution in [2.45, 2.75) is 184 Å². The molecular formula is C42H75ClO11S. The molecule has 4 fully saturated rings. The summed E-state index contributed by atoms with van der Waals surface area (Å²) < 4.78 is 42.6. The van der Waals surface area contributed by atoms with Gasteiger partial charge in [0.1, 0.15) is 22.4 Å². The fraction of sp³-hybridized carbons (Fsp3) is 0.905. The normalized spacial score (nSPS) is 27.4. The Kier molecular flexibility index (Phi) is 19.7. The molecule has 4 aliphatic rings. The zero-order valence-corrected chi connectivity index (χ0v) is 38.0. The maximum absolute atomic E-state index is 11.5. The van der Waals surface area contributed by atoms with Gasteiger partial charge in [-0.25, -0.2) is 8.42 Å². The number of ether oxygens (including phenoxy) is 4. The molecule has 13 heteroatoms. The number of esters is 4. The van der Waals surface area contributed by atoms with Crippen molar-refractivity contribution in [2.24, 2.45) is 47.3 Å². The Morgan fingerprint density at radius 2 is 0.709 bits per heavy atom. The SMILES string of the molecule is CC(C)(C)OC(=O)C1CC(CO)C1.CC(C)(C)OC(=O)C1CC(CS(=O)(=O)Cl)C1.CCC1CC(C(=O)OC(C)(C)C)C1.CCC1CC(C(=O)OC(C)(C)C)C1. The number of hydrogen-bond acceptors (Lipinski definition) is 11. The lowest BCUT2D eigenvalue weighted by Gasteiger charge is -2.34. The zero-order valence-electron chi connectivity index (χ0n) is 36.4. The molecule has 4 saturated carbocycles. The fourth-order valence-electron chi connectivity index (χ4n) is 6.49. The number of halogens is 1. The van der Waals surface area contributed by atoms with E-state index in [1.165, 1.54) is 12.8 Å². The van der Waals surface area contributed by atoms with E-state index in [0.29, 0.717) is 18.8 Å². The van der Waals surface area contributed by atoms with E-state index >= 15 is 0 Å². The predicted molar refractivity (Wildman–Crippen MR) is 216 cm³/mol. The van der Waals surface area contributed by atoms with Crippen molar-refractivity contribution in [1.29, 1.82) is 0 Å². The van der Waals surface area contributed by atoms with Crippen molar-refractivity contribution in [1.82, 2.24) is 0 Å². The zero-order chi connectivity index (χ0) is 42.7. The van der Waals surface area contributed by atoms with E-state index in [1.807, 2.05) is 83.1 Å². The van der Waals surface area contributed by atoms with Crippen LogP contribution in [0.15, 0.2) is 0 Å². The van der Waals surface area contributed by atoms with Gasteiger partial charge in [-0.2, -0.15) is 0 Å². The summed E-state index contributed by atoms with van der Waals surface area (Å²) in [6, 6.07) is 0. The van der Waals surface area contributed by atoms with E-state index in [9.17, 15) is 27.6 Å². The van der Waals surface area contributed by atoms with E-state index in [1.54, 1.807) is 0 Å². The Morgan fingerprint density at radius 1 is 0.491 bits per heavy atom. The van der Waals surface area contributed by atoms with E-state index in [0.717, 1.165) is 50.4 Å². The number of carbonyl (C=O) groups is 4. The first kappa shape index (κ1) is 51.1. The van der Waals surface area contributed by atoms with Gasteiger partial charge in [0.15, 0.2) is 0 Å². The first-order valence-electron chi connectivity index (χ1n) is 20.3. The van der Waals surface area contributed by atoms with Gasteiger partial charge in [0, 0.05) is 17.3 Å². The van der Waals surface area contributed by atoms with Crippen molar-refractivity contribution < 1.29 is 51.6 Å². The second kappa shape index (κ2) is 21.2. The Morgan fingerprint density at radius 3 is 0.891 bits per heavy atom. The fourth-order valence-corrected chi connectivity index (χ4v) is 7.86. The van der Waals surface area contributed by atoms with Crippen LogP contribution in [0.2, 0.25) is 0 Å².